The molecule has 5 nitrogen and oxygen atoms in total. The summed E-state index contributed by atoms with van der Waals surface area (Å²) in [5.41, 5.74) is 6.09. The minimum absolute atomic E-state index is 0.585. The van der Waals surface area contributed by atoms with Gasteiger partial charge in [0.25, 0.3) is 0 Å². The Labute approximate surface area is 97.1 Å². The van der Waals surface area contributed by atoms with Gasteiger partial charge in [-0.25, -0.2) is 9.97 Å². The van der Waals surface area contributed by atoms with Crippen LogP contribution >= 0.6 is 0 Å². The number of rotatable bonds is 6. The number of nitrogens with two attached hydrogens (primary N) is 1. The average molecular weight is 223 g/mol. The van der Waals surface area contributed by atoms with Crippen molar-refractivity contribution in [2.75, 3.05) is 31.2 Å². The van der Waals surface area contributed by atoms with Gasteiger partial charge in [-0.2, -0.15) is 0 Å². The molecule has 1 rings (SSSR count). The summed E-state index contributed by atoms with van der Waals surface area (Å²) in [7, 11) is 2.12. The summed E-state index contributed by atoms with van der Waals surface area (Å²) in [6.07, 6.45) is 4.37. The average Bonchev–Trinajstić information content (AvgIpc) is 2.30. The maximum absolute atomic E-state index is 5.50. The van der Waals surface area contributed by atoms with Crippen LogP contribution in [0.5, 0.6) is 0 Å². The molecule has 0 fully saturated rings. The Bertz CT molecular complexity index is 298. The molecule has 0 amide bonds. The summed E-state index contributed by atoms with van der Waals surface area (Å²) in [4.78, 5) is 10.5. The molecule has 16 heavy (non-hydrogen) atoms. The predicted octanol–water partition coefficient (Wildman–Crippen LogP) is 1.20. The Kier molecular flexibility index (Phi) is 4.98. The third kappa shape index (κ3) is 4.02. The van der Waals surface area contributed by atoms with E-state index in [1.54, 1.807) is 12.4 Å². The first-order chi connectivity index (χ1) is 7.63. The van der Waals surface area contributed by atoms with Crippen molar-refractivity contribution >= 4 is 11.6 Å². The lowest BCUT2D eigenvalue weighted by Gasteiger charge is -2.23. The number of aromatic nitrogens is 2. The maximum Gasteiger partial charge on any atom is 0.222 e. The van der Waals surface area contributed by atoms with E-state index in [2.05, 4.69) is 41.1 Å². The number of hydrogen-bond acceptors (Lipinski definition) is 5. The SMILES string of the molecule is CCC(C)N(C)CCNc1ncc(N)cn1. The van der Waals surface area contributed by atoms with Crippen molar-refractivity contribution in [3.05, 3.63) is 12.4 Å². The van der Waals surface area contributed by atoms with Crippen molar-refractivity contribution in [2.45, 2.75) is 26.3 Å². The zero-order valence-corrected chi connectivity index (χ0v) is 10.3. The molecule has 0 aliphatic carbocycles. The zero-order valence-electron chi connectivity index (χ0n) is 10.3. The van der Waals surface area contributed by atoms with E-state index < -0.39 is 0 Å². The largest absolute Gasteiger partial charge is 0.396 e. The van der Waals surface area contributed by atoms with Gasteiger partial charge in [-0.15, -0.1) is 0 Å². The first-order valence-electron chi connectivity index (χ1n) is 5.65. The molecular weight excluding hydrogens is 202 g/mol. The zero-order chi connectivity index (χ0) is 12.0. The van der Waals surface area contributed by atoms with Gasteiger partial charge in [0.15, 0.2) is 0 Å². The van der Waals surface area contributed by atoms with Crippen LogP contribution in [0.15, 0.2) is 12.4 Å². The van der Waals surface area contributed by atoms with Gasteiger partial charge in [0, 0.05) is 19.1 Å². The maximum atomic E-state index is 5.50. The summed E-state index contributed by atoms with van der Waals surface area (Å²) in [6, 6.07) is 0.606. The van der Waals surface area contributed by atoms with Crippen molar-refractivity contribution in [3.63, 3.8) is 0 Å². The van der Waals surface area contributed by atoms with Crippen LogP contribution in [-0.4, -0.2) is 41.0 Å². The number of nitrogen functional groups attached to an aromatic ring is 1. The molecule has 1 aromatic rings. The van der Waals surface area contributed by atoms with Gasteiger partial charge < -0.3 is 16.0 Å². The van der Waals surface area contributed by atoms with Crippen LogP contribution in [0.25, 0.3) is 0 Å². The fourth-order valence-electron chi connectivity index (χ4n) is 1.31. The molecule has 0 radical (unpaired) electrons. The van der Waals surface area contributed by atoms with E-state index in [4.69, 9.17) is 5.73 Å². The third-order valence-corrected chi connectivity index (χ3v) is 2.76. The van der Waals surface area contributed by atoms with Crippen LogP contribution in [0.2, 0.25) is 0 Å². The van der Waals surface area contributed by atoms with E-state index in [0.29, 0.717) is 17.7 Å². The van der Waals surface area contributed by atoms with Gasteiger partial charge in [0.1, 0.15) is 0 Å². The van der Waals surface area contributed by atoms with Gasteiger partial charge in [-0.05, 0) is 20.4 Å². The number of hydrogen-bond donors (Lipinski definition) is 2. The first-order valence-corrected chi connectivity index (χ1v) is 5.65. The van der Waals surface area contributed by atoms with Crippen molar-refractivity contribution in [1.29, 1.82) is 0 Å². The van der Waals surface area contributed by atoms with E-state index >= 15 is 0 Å². The highest BCUT2D eigenvalue weighted by molar-refractivity contribution is 5.35. The second-order valence-electron chi connectivity index (χ2n) is 4.00. The van der Waals surface area contributed by atoms with Crippen molar-refractivity contribution in [1.82, 2.24) is 14.9 Å². The second kappa shape index (κ2) is 6.27. The number of anilines is 2. The molecule has 5 heteroatoms. The molecule has 0 aliphatic heterocycles. The van der Waals surface area contributed by atoms with Crippen LogP contribution in [0.1, 0.15) is 20.3 Å². The Balaban J connectivity index is 2.27. The fourth-order valence-corrected chi connectivity index (χ4v) is 1.31. The van der Waals surface area contributed by atoms with Gasteiger partial charge in [0.05, 0.1) is 18.1 Å². The van der Waals surface area contributed by atoms with Gasteiger partial charge in [0.2, 0.25) is 5.95 Å². The van der Waals surface area contributed by atoms with Crippen molar-refractivity contribution < 1.29 is 0 Å². The topological polar surface area (TPSA) is 67.1 Å². The van der Waals surface area contributed by atoms with Crippen molar-refractivity contribution in [2.24, 2.45) is 0 Å². The number of nitrogens with one attached hydrogen (secondary N) is 1. The molecule has 1 heterocycles. The summed E-state index contributed by atoms with van der Waals surface area (Å²) in [6.45, 7) is 6.23. The lowest BCUT2D eigenvalue weighted by atomic mass is 10.2. The minimum Gasteiger partial charge on any atom is -0.396 e. The van der Waals surface area contributed by atoms with Crippen LogP contribution in [0.3, 0.4) is 0 Å². The van der Waals surface area contributed by atoms with E-state index in [1.807, 2.05) is 0 Å². The van der Waals surface area contributed by atoms with E-state index in [0.717, 1.165) is 19.5 Å². The molecular formula is C11H21N5. The standard InChI is InChI=1S/C11H21N5/c1-4-9(2)16(3)6-5-13-11-14-7-10(12)8-15-11/h7-9H,4-6,12H2,1-3H3,(H,13,14,15). The smallest absolute Gasteiger partial charge is 0.222 e. The summed E-state index contributed by atoms with van der Waals surface area (Å²) >= 11 is 0. The molecule has 1 aromatic heterocycles. The van der Waals surface area contributed by atoms with Crippen molar-refractivity contribution in [3.8, 4) is 0 Å². The van der Waals surface area contributed by atoms with Gasteiger partial charge in [-0.3, -0.25) is 0 Å². The monoisotopic (exact) mass is 223 g/mol. The van der Waals surface area contributed by atoms with Crippen LogP contribution in [0, 0.1) is 0 Å². The van der Waals surface area contributed by atoms with Crippen LogP contribution in [-0.2, 0) is 0 Å². The Morgan fingerprint density at radius 3 is 2.62 bits per heavy atom. The number of nitrogens with zero attached hydrogens (tertiary/aromatic N) is 3. The third-order valence-electron chi connectivity index (χ3n) is 2.76. The van der Waals surface area contributed by atoms with E-state index in [1.165, 1.54) is 0 Å². The molecule has 3 N–H and O–H groups in total. The van der Waals surface area contributed by atoms with Crippen LogP contribution < -0.4 is 11.1 Å². The molecule has 0 saturated heterocycles. The van der Waals surface area contributed by atoms with E-state index in [-0.39, 0.29) is 0 Å². The highest BCUT2D eigenvalue weighted by Gasteiger charge is 2.05. The Hall–Kier alpha value is -1.36. The quantitative estimate of drug-likeness (QED) is 0.758. The summed E-state index contributed by atoms with van der Waals surface area (Å²) in [5, 5.41) is 3.16. The highest BCUT2D eigenvalue weighted by Crippen LogP contribution is 2.02. The number of likely N-dealkylation sites (N-methyl/N-ethyl adjacent to an activating group) is 1. The predicted molar refractivity (Wildman–Crippen MR) is 67.3 cm³/mol. The summed E-state index contributed by atoms with van der Waals surface area (Å²) in [5.74, 6) is 0.631. The fraction of sp³-hybridized carbons (Fsp3) is 0.636. The highest BCUT2D eigenvalue weighted by atomic mass is 15.2. The van der Waals surface area contributed by atoms with E-state index in [9.17, 15) is 0 Å². The van der Waals surface area contributed by atoms with Crippen LogP contribution in [0.4, 0.5) is 11.6 Å². The molecule has 0 bridgehead atoms. The lowest BCUT2D eigenvalue weighted by Crippen LogP contribution is -2.32. The van der Waals surface area contributed by atoms with Gasteiger partial charge >= 0.3 is 0 Å². The second-order valence-corrected chi connectivity index (χ2v) is 4.00. The minimum atomic E-state index is 0.585. The molecule has 90 valence electrons. The molecule has 0 saturated carbocycles. The normalized spacial score (nSPS) is 12.8. The molecule has 0 aromatic carbocycles. The summed E-state index contributed by atoms with van der Waals surface area (Å²) < 4.78 is 0. The Morgan fingerprint density at radius 1 is 1.44 bits per heavy atom. The first kappa shape index (κ1) is 12.7. The lowest BCUT2D eigenvalue weighted by molar-refractivity contribution is 0.261. The molecule has 0 spiro atoms. The molecule has 0 aliphatic rings. The molecule has 1 atom stereocenters. The van der Waals surface area contributed by atoms with Gasteiger partial charge in [-0.1, -0.05) is 6.92 Å². The Morgan fingerprint density at radius 2 is 2.06 bits per heavy atom. The molecule has 1 unspecified atom stereocenters.